The van der Waals surface area contributed by atoms with Crippen LogP contribution in [0.25, 0.3) is 0 Å². The van der Waals surface area contributed by atoms with Crippen LogP contribution in [-0.2, 0) is 19.3 Å². The Morgan fingerprint density at radius 3 is 0.750 bits per heavy atom. The molecule has 0 atom stereocenters. The number of hydrogen-bond donors (Lipinski definition) is 0. The van der Waals surface area contributed by atoms with E-state index in [4.69, 9.17) is 0 Å². The van der Waals surface area contributed by atoms with Gasteiger partial charge in [0.1, 0.15) is 0 Å². The molecule has 24 heavy (non-hydrogen) atoms. The van der Waals surface area contributed by atoms with Gasteiger partial charge in [-0.2, -0.15) is 0 Å². The number of rotatable bonds is 13. The first-order valence-corrected chi connectivity index (χ1v) is 29.3. The fourth-order valence-corrected chi connectivity index (χ4v) is 180. The van der Waals surface area contributed by atoms with E-state index in [0.717, 1.165) is 0 Å². The number of carbonyl (C=O) groups excluding carboxylic acids is 1. The van der Waals surface area contributed by atoms with E-state index >= 15 is 0 Å². The second-order valence-corrected chi connectivity index (χ2v) is 65.8. The Morgan fingerprint density at radius 2 is 0.667 bits per heavy atom. The van der Waals surface area contributed by atoms with E-state index in [9.17, 15) is 4.79 Å². The first kappa shape index (κ1) is 25.6. The van der Waals surface area contributed by atoms with Crippen LogP contribution < -0.4 is 0 Å². The van der Waals surface area contributed by atoms with Crippen molar-refractivity contribution >= 4 is 20.7 Å². The quantitative estimate of drug-likeness (QED) is 0.179. The molecule has 0 unspecified atom stereocenters. The molecule has 0 aliphatic carbocycles. The summed E-state index contributed by atoms with van der Waals surface area (Å²) in [7, 11) is 0. The Kier molecular flexibility index (Phi) is 11.6. The van der Waals surface area contributed by atoms with Crippen LogP contribution in [0.4, 0.5) is 0 Å². The minimum absolute atomic E-state index is 1.39. The molecular formula is C19H49OP3Pt. The Morgan fingerprint density at radius 1 is 0.500 bits per heavy atom. The van der Waals surface area contributed by atoms with Gasteiger partial charge in [-0.05, 0) is 0 Å². The third-order valence-electron chi connectivity index (χ3n) is 7.21. The van der Waals surface area contributed by atoms with E-state index in [-0.39, 0.29) is 0 Å². The molecule has 0 radical (unpaired) electrons. The molecule has 0 fully saturated rings. The third kappa shape index (κ3) is 3.53. The van der Waals surface area contributed by atoms with Crippen LogP contribution in [0.15, 0.2) is 0 Å². The zero-order chi connectivity index (χ0) is 19.1. The third-order valence-corrected chi connectivity index (χ3v) is 129. The summed E-state index contributed by atoms with van der Waals surface area (Å²) in [5, 5.41) is -4.37. The van der Waals surface area contributed by atoms with Crippen molar-refractivity contribution in [1.82, 2.24) is 0 Å². The van der Waals surface area contributed by atoms with E-state index < -0.39 is 30.6 Å². The Bertz CT molecular complexity index is 300. The molecular weight excluding hydrogens is 532 g/mol. The fraction of sp³-hybridized carbons (Fsp3) is 0.947. The van der Waals surface area contributed by atoms with Gasteiger partial charge in [0, 0.05) is 0 Å². The minimum atomic E-state index is -2.48. The van der Waals surface area contributed by atoms with Gasteiger partial charge in [0.25, 0.3) is 0 Å². The van der Waals surface area contributed by atoms with Gasteiger partial charge in [0.15, 0.2) is 0 Å². The van der Waals surface area contributed by atoms with Crippen molar-refractivity contribution in [3.63, 3.8) is 0 Å². The monoisotopic (exact) mass is 581 g/mol. The predicted molar refractivity (Wildman–Crippen MR) is 127 cm³/mol. The molecule has 0 saturated carbocycles. The van der Waals surface area contributed by atoms with Gasteiger partial charge in [-0.15, -0.1) is 0 Å². The Labute approximate surface area is 157 Å². The maximum atomic E-state index is 13.4. The summed E-state index contributed by atoms with van der Waals surface area (Å²) >= 11 is -2.48. The second kappa shape index (κ2) is 10.8. The van der Waals surface area contributed by atoms with Gasteiger partial charge >= 0.3 is 158 Å². The molecule has 0 aliphatic heterocycles. The summed E-state index contributed by atoms with van der Waals surface area (Å²) < 4.78 is 1.83. The van der Waals surface area contributed by atoms with Gasteiger partial charge in [-0.1, -0.05) is 0 Å². The van der Waals surface area contributed by atoms with Crippen molar-refractivity contribution in [3.8, 4) is 0 Å². The molecule has 0 rings (SSSR count). The van der Waals surface area contributed by atoms with Crippen molar-refractivity contribution in [3.05, 3.63) is 0 Å². The Balaban J connectivity index is 7.18. The standard InChI is InChI=1S/3C6H15P.CHO.Pt/c3*1-4-7(5-2)6-3;1-2;/h3*4-6H2,1-3H3;1H;/q;;;;-3/p+3. The summed E-state index contributed by atoms with van der Waals surface area (Å²) in [6.45, 7) is 22.3. The number of carbonyl (C=O) groups is 1. The molecule has 156 valence electrons. The van der Waals surface area contributed by atoms with Crippen molar-refractivity contribution in [2.24, 2.45) is 0 Å². The van der Waals surface area contributed by atoms with Gasteiger partial charge < -0.3 is 0 Å². The normalized spacial score (nSPS) is 19.4. The zero-order valence-electron chi connectivity index (χ0n) is 18.2. The summed E-state index contributed by atoms with van der Waals surface area (Å²) in [4.78, 5) is 13.4. The summed E-state index contributed by atoms with van der Waals surface area (Å²) in [5.41, 5.74) is 0. The first-order valence-electron chi connectivity index (χ1n) is 10.4. The van der Waals surface area contributed by atoms with Crippen LogP contribution in [0.1, 0.15) is 62.3 Å². The van der Waals surface area contributed by atoms with E-state index in [0.29, 0.717) is 0 Å². The van der Waals surface area contributed by atoms with E-state index in [1.807, 2.05) is 4.68 Å². The zero-order valence-corrected chi connectivity index (χ0v) is 23.4. The van der Waals surface area contributed by atoms with Crippen LogP contribution in [-0.4, -0.2) is 60.1 Å². The van der Waals surface area contributed by atoms with Gasteiger partial charge in [-0.25, -0.2) is 0 Å². The van der Waals surface area contributed by atoms with E-state index in [1.54, 1.807) is 0 Å². The molecule has 0 N–H and O–H groups in total. The van der Waals surface area contributed by atoms with Crippen molar-refractivity contribution in [2.75, 3.05) is 55.5 Å². The van der Waals surface area contributed by atoms with Crippen LogP contribution in [0.2, 0.25) is 0 Å². The summed E-state index contributed by atoms with van der Waals surface area (Å²) in [5.74, 6) is 0. The van der Waals surface area contributed by atoms with Crippen LogP contribution in [0, 0.1) is 0 Å². The Hall–Kier alpha value is 1.65. The van der Waals surface area contributed by atoms with Crippen molar-refractivity contribution in [2.45, 2.75) is 62.3 Å². The molecule has 0 aliphatic rings. The predicted octanol–water partition coefficient (Wildman–Crippen LogP) is 6.50. The summed E-state index contributed by atoms with van der Waals surface area (Å²) in [6.07, 6.45) is 12.5. The summed E-state index contributed by atoms with van der Waals surface area (Å²) in [6, 6.07) is 0. The van der Waals surface area contributed by atoms with Crippen LogP contribution >= 0.6 is 16.1 Å². The van der Waals surface area contributed by atoms with Gasteiger partial charge in [0.05, 0.1) is 0 Å². The molecule has 0 saturated heterocycles. The SMILES string of the molecule is CC[PH](CC)(CC)[Pt]([CH]=O)([PH](CC)(CC)CC)[PH](CC)(CC)CC. The van der Waals surface area contributed by atoms with Crippen LogP contribution in [0.5, 0.6) is 0 Å². The molecule has 0 spiro atoms. The molecule has 5 heteroatoms. The molecule has 1 nitrogen and oxygen atoms in total. The average molecular weight is 582 g/mol. The molecule has 0 aromatic rings. The van der Waals surface area contributed by atoms with Crippen molar-refractivity contribution in [1.29, 1.82) is 0 Å². The molecule has 0 bridgehead atoms. The van der Waals surface area contributed by atoms with Crippen LogP contribution in [0.3, 0.4) is 0 Å². The van der Waals surface area contributed by atoms with Gasteiger partial charge in [-0.3, -0.25) is 0 Å². The second-order valence-electron chi connectivity index (χ2n) is 7.02. The van der Waals surface area contributed by atoms with E-state index in [2.05, 4.69) is 62.3 Å². The molecule has 0 aromatic carbocycles. The molecule has 0 heterocycles. The fourth-order valence-electron chi connectivity index (χ4n) is 5.14. The number of hydrogen-bond acceptors (Lipinski definition) is 1. The average Bonchev–Trinajstić information content (AvgIpc) is 2.65. The first-order chi connectivity index (χ1) is 11.4. The van der Waals surface area contributed by atoms with E-state index in [1.165, 1.54) is 55.5 Å². The van der Waals surface area contributed by atoms with Gasteiger partial charge in [0.2, 0.25) is 0 Å². The topological polar surface area (TPSA) is 17.1 Å². The molecule has 0 amide bonds. The molecule has 0 aromatic heterocycles. The van der Waals surface area contributed by atoms with Crippen molar-refractivity contribution < 1.29 is 19.3 Å². The maximum absolute atomic E-state index is 13.4.